The topological polar surface area (TPSA) is 26.3 Å². The van der Waals surface area contributed by atoms with Crippen molar-refractivity contribution in [2.45, 2.75) is 60.5 Å². The molecule has 1 fully saturated rings. The second-order valence-electron chi connectivity index (χ2n) is 7.16. The minimum absolute atomic E-state index is 0.0691. The predicted molar refractivity (Wildman–Crippen MR) is 88.9 cm³/mol. The van der Waals surface area contributed by atoms with Crippen molar-refractivity contribution in [3.05, 3.63) is 36.0 Å². The Bertz CT molecular complexity index is 452. The normalized spacial score (nSPS) is 25.0. The van der Waals surface area contributed by atoms with Gasteiger partial charge in [0.15, 0.2) is 0 Å². The number of allylic oxidation sites excluding steroid dienone is 4. The standard InChI is InChI=1S/C19H30O2/c1-13(2)17-12-16(19(17,6)7)10-8-9-15(5)11-18(20)21-14(3)4/h8-9,11,14,16-17H,1,10,12H2,2-7H3/b9-8+,15-11-/t16-,17-/m0/s1. The summed E-state index contributed by atoms with van der Waals surface area (Å²) in [5, 5.41) is 0. The predicted octanol–water partition coefficient (Wildman–Crippen LogP) is 5.07. The second-order valence-corrected chi connectivity index (χ2v) is 7.16. The molecular weight excluding hydrogens is 260 g/mol. The molecule has 0 aromatic heterocycles. The van der Waals surface area contributed by atoms with Gasteiger partial charge >= 0.3 is 5.97 Å². The molecule has 1 rings (SSSR count). The molecule has 0 amide bonds. The fraction of sp³-hybridized carbons (Fsp3) is 0.632. The maximum absolute atomic E-state index is 11.5. The van der Waals surface area contributed by atoms with Crippen LogP contribution in [-0.2, 0) is 9.53 Å². The Balaban J connectivity index is 2.47. The largest absolute Gasteiger partial charge is 0.460 e. The molecule has 0 aliphatic heterocycles. The number of hydrogen-bond donors (Lipinski definition) is 0. The lowest BCUT2D eigenvalue weighted by atomic mass is 9.52. The highest BCUT2D eigenvalue weighted by Crippen LogP contribution is 2.55. The van der Waals surface area contributed by atoms with Gasteiger partial charge in [-0.25, -0.2) is 4.79 Å². The molecule has 118 valence electrons. The van der Waals surface area contributed by atoms with Crippen molar-refractivity contribution in [1.82, 2.24) is 0 Å². The fourth-order valence-electron chi connectivity index (χ4n) is 3.17. The van der Waals surface area contributed by atoms with E-state index in [2.05, 4.69) is 33.4 Å². The Hall–Kier alpha value is -1.31. The van der Waals surface area contributed by atoms with Gasteiger partial charge in [0.05, 0.1) is 6.10 Å². The van der Waals surface area contributed by atoms with Gasteiger partial charge in [-0.1, -0.05) is 38.2 Å². The second kappa shape index (κ2) is 7.11. The molecule has 1 aliphatic rings. The van der Waals surface area contributed by atoms with Crippen molar-refractivity contribution >= 4 is 5.97 Å². The molecule has 0 radical (unpaired) electrons. The van der Waals surface area contributed by atoms with Crippen molar-refractivity contribution in [2.24, 2.45) is 17.3 Å². The average molecular weight is 290 g/mol. The first-order chi connectivity index (χ1) is 9.64. The van der Waals surface area contributed by atoms with E-state index < -0.39 is 0 Å². The molecule has 21 heavy (non-hydrogen) atoms. The molecule has 0 N–H and O–H groups in total. The monoisotopic (exact) mass is 290 g/mol. The first-order valence-corrected chi connectivity index (χ1v) is 7.85. The van der Waals surface area contributed by atoms with Gasteiger partial charge in [0.1, 0.15) is 0 Å². The summed E-state index contributed by atoms with van der Waals surface area (Å²) < 4.78 is 5.10. The minimum atomic E-state index is -0.265. The maximum atomic E-state index is 11.5. The van der Waals surface area contributed by atoms with Crippen LogP contribution >= 0.6 is 0 Å². The Labute approximate surface area is 130 Å². The summed E-state index contributed by atoms with van der Waals surface area (Å²) in [6.07, 6.45) is 7.97. The van der Waals surface area contributed by atoms with Crippen molar-refractivity contribution in [3.8, 4) is 0 Å². The third kappa shape index (κ3) is 4.87. The van der Waals surface area contributed by atoms with Gasteiger partial charge in [-0.3, -0.25) is 0 Å². The van der Waals surface area contributed by atoms with Gasteiger partial charge in [0.25, 0.3) is 0 Å². The van der Waals surface area contributed by atoms with Gasteiger partial charge in [0, 0.05) is 6.08 Å². The van der Waals surface area contributed by atoms with Crippen LogP contribution in [0.15, 0.2) is 36.0 Å². The van der Waals surface area contributed by atoms with Gasteiger partial charge in [-0.15, -0.1) is 0 Å². The lowest BCUT2D eigenvalue weighted by molar-refractivity contribution is -0.141. The summed E-state index contributed by atoms with van der Waals surface area (Å²) in [5.41, 5.74) is 2.58. The number of carbonyl (C=O) groups excluding carboxylic acids is 1. The van der Waals surface area contributed by atoms with Crippen LogP contribution in [0.3, 0.4) is 0 Å². The third-order valence-electron chi connectivity index (χ3n) is 4.56. The zero-order valence-corrected chi connectivity index (χ0v) is 14.4. The van der Waals surface area contributed by atoms with Crippen LogP contribution in [0.5, 0.6) is 0 Å². The lowest BCUT2D eigenvalue weighted by Gasteiger charge is -2.53. The average Bonchev–Trinajstić information content (AvgIpc) is 2.30. The molecule has 0 saturated heterocycles. The molecular formula is C19H30O2. The number of esters is 1. The van der Waals surface area contributed by atoms with Crippen LogP contribution in [0.2, 0.25) is 0 Å². The molecule has 0 aromatic rings. The van der Waals surface area contributed by atoms with Crippen LogP contribution in [0, 0.1) is 17.3 Å². The molecule has 2 nitrogen and oxygen atoms in total. The summed E-state index contributed by atoms with van der Waals surface area (Å²) >= 11 is 0. The summed E-state index contributed by atoms with van der Waals surface area (Å²) in [7, 11) is 0. The first-order valence-electron chi connectivity index (χ1n) is 7.85. The number of rotatable bonds is 6. The van der Waals surface area contributed by atoms with E-state index in [-0.39, 0.29) is 12.1 Å². The summed E-state index contributed by atoms with van der Waals surface area (Å²) in [4.78, 5) is 11.5. The number of carbonyl (C=O) groups is 1. The maximum Gasteiger partial charge on any atom is 0.331 e. The highest BCUT2D eigenvalue weighted by Gasteiger charge is 2.46. The van der Waals surface area contributed by atoms with Crippen molar-refractivity contribution < 1.29 is 9.53 Å². The summed E-state index contributed by atoms with van der Waals surface area (Å²) in [5.74, 6) is 1.08. The smallest absolute Gasteiger partial charge is 0.331 e. The van der Waals surface area contributed by atoms with E-state index in [1.165, 1.54) is 12.0 Å². The first kappa shape index (κ1) is 17.7. The fourth-order valence-corrected chi connectivity index (χ4v) is 3.17. The Kier molecular flexibility index (Phi) is 6.00. The van der Waals surface area contributed by atoms with Gasteiger partial charge in [-0.2, -0.15) is 0 Å². The van der Waals surface area contributed by atoms with E-state index in [0.717, 1.165) is 12.0 Å². The lowest BCUT2D eigenvalue weighted by Crippen LogP contribution is -2.44. The Morgan fingerprint density at radius 3 is 2.48 bits per heavy atom. The van der Waals surface area contributed by atoms with Crippen LogP contribution in [-0.4, -0.2) is 12.1 Å². The van der Waals surface area contributed by atoms with Crippen LogP contribution < -0.4 is 0 Å². The zero-order valence-electron chi connectivity index (χ0n) is 14.4. The van der Waals surface area contributed by atoms with E-state index >= 15 is 0 Å². The molecule has 1 saturated carbocycles. The van der Waals surface area contributed by atoms with E-state index in [4.69, 9.17) is 4.74 Å². The molecule has 1 aliphatic carbocycles. The number of ether oxygens (including phenoxy) is 1. The van der Waals surface area contributed by atoms with Crippen LogP contribution in [0.4, 0.5) is 0 Å². The number of hydrogen-bond acceptors (Lipinski definition) is 2. The van der Waals surface area contributed by atoms with Gasteiger partial charge in [0.2, 0.25) is 0 Å². The van der Waals surface area contributed by atoms with E-state index in [1.807, 2.05) is 26.8 Å². The molecule has 2 heteroatoms. The van der Waals surface area contributed by atoms with E-state index in [1.54, 1.807) is 6.08 Å². The Morgan fingerprint density at radius 2 is 2.00 bits per heavy atom. The Morgan fingerprint density at radius 1 is 1.38 bits per heavy atom. The summed E-state index contributed by atoms with van der Waals surface area (Å²) in [6, 6.07) is 0. The van der Waals surface area contributed by atoms with Crippen molar-refractivity contribution in [3.63, 3.8) is 0 Å². The van der Waals surface area contributed by atoms with Crippen molar-refractivity contribution in [2.75, 3.05) is 0 Å². The summed E-state index contributed by atoms with van der Waals surface area (Å²) in [6.45, 7) is 16.5. The molecule has 0 bridgehead atoms. The SMILES string of the molecule is C=C(C)[C@@H]1C[C@H](C/C=C/C(C)=C\C(=O)OC(C)C)C1(C)C. The van der Waals surface area contributed by atoms with Gasteiger partial charge < -0.3 is 4.74 Å². The van der Waals surface area contributed by atoms with E-state index in [0.29, 0.717) is 17.3 Å². The van der Waals surface area contributed by atoms with Crippen LogP contribution in [0.1, 0.15) is 54.4 Å². The van der Waals surface area contributed by atoms with Crippen LogP contribution in [0.25, 0.3) is 0 Å². The molecule has 0 spiro atoms. The third-order valence-corrected chi connectivity index (χ3v) is 4.56. The molecule has 2 atom stereocenters. The molecule has 0 unspecified atom stereocenters. The molecule has 0 aromatic carbocycles. The molecule has 0 heterocycles. The van der Waals surface area contributed by atoms with Crippen molar-refractivity contribution in [1.29, 1.82) is 0 Å². The zero-order chi connectivity index (χ0) is 16.2. The van der Waals surface area contributed by atoms with E-state index in [9.17, 15) is 4.79 Å². The minimum Gasteiger partial charge on any atom is -0.460 e. The van der Waals surface area contributed by atoms with Gasteiger partial charge in [-0.05, 0) is 63.4 Å². The highest BCUT2D eigenvalue weighted by atomic mass is 16.5. The highest BCUT2D eigenvalue weighted by molar-refractivity contribution is 5.83. The quantitative estimate of drug-likeness (QED) is 0.295.